The van der Waals surface area contributed by atoms with Gasteiger partial charge < -0.3 is 10.2 Å². The molecule has 2 amide bonds. The molecule has 0 aliphatic rings. The first-order chi connectivity index (χ1) is 11.9. The van der Waals surface area contributed by atoms with E-state index in [4.69, 9.17) is 0 Å². The van der Waals surface area contributed by atoms with Crippen LogP contribution in [0.2, 0.25) is 0 Å². The number of nitrogens with zero attached hydrogens (tertiary/aromatic N) is 1. The topological polar surface area (TPSA) is 49.4 Å². The van der Waals surface area contributed by atoms with Crippen molar-refractivity contribution >= 4 is 23.6 Å². The molecule has 0 aliphatic carbocycles. The Labute approximate surface area is 149 Å². The van der Waals surface area contributed by atoms with Crippen molar-refractivity contribution in [3.8, 4) is 0 Å². The minimum atomic E-state index is -0.682. The van der Waals surface area contributed by atoms with Crippen molar-refractivity contribution in [1.82, 2.24) is 10.2 Å². The van der Waals surface area contributed by atoms with Crippen LogP contribution in [0.3, 0.4) is 0 Å². The minimum absolute atomic E-state index is 0.0275. The van der Waals surface area contributed by atoms with Crippen molar-refractivity contribution in [2.75, 3.05) is 19.8 Å². The van der Waals surface area contributed by atoms with Gasteiger partial charge in [-0.15, -0.1) is 11.8 Å². The van der Waals surface area contributed by atoms with Crippen LogP contribution >= 0.6 is 11.8 Å². The first-order valence-electron chi connectivity index (χ1n) is 7.52. The van der Waals surface area contributed by atoms with Crippen LogP contribution in [0.15, 0.2) is 47.4 Å². The number of benzene rings is 2. The van der Waals surface area contributed by atoms with Crippen molar-refractivity contribution in [3.63, 3.8) is 0 Å². The zero-order valence-electron chi connectivity index (χ0n) is 13.9. The van der Waals surface area contributed by atoms with Gasteiger partial charge in [-0.3, -0.25) is 9.59 Å². The second-order valence-corrected chi connectivity index (χ2v) is 6.55. The number of hydrogen-bond acceptors (Lipinski definition) is 3. The summed E-state index contributed by atoms with van der Waals surface area (Å²) in [6.07, 6.45) is 0. The highest BCUT2D eigenvalue weighted by atomic mass is 32.2. The SMILES string of the molecule is CN(C)C(=O)c1ccc(CNC(=O)CSc2ccc(F)cc2F)cc1. The first kappa shape index (κ1) is 18.9. The summed E-state index contributed by atoms with van der Waals surface area (Å²) in [5.74, 6) is -1.66. The summed E-state index contributed by atoms with van der Waals surface area (Å²) >= 11 is 1.00. The fourth-order valence-electron chi connectivity index (χ4n) is 2.01. The monoisotopic (exact) mass is 364 g/mol. The van der Waals surface area contributed by atoms with Crippen LogP contribution in [0, 0.1) is 11.6 Å². The summed E-state index contributed by atoms with van der Waals surface area (Å²) in [4.78, 5) is 25.3. The Morgan fingerprint density at radius 1 is 1.08 bits per heavy atom. The zero-order chi connectivity index (χ0) is 18.4. The molecule has 0 saturated heterocycles. The van der Waals surface area contributed by atoms with Gasteiger partial charge in [0, 0.05) is 37.2 Å². The highest BCUT2D eigenvalue weighted by Gasteiger charge is 2.09. The Morgan fingerprint density at radius 2 is 1.76 bits per heavy atom. The second-order valence-electron chi connectivity index (χ2n) is 5.54. The molecule has 2 rings (SSSR count). The van der Waals surface area contributed by atoms with Crippen LogP contribution in [0.5, 0.6) is 0 Å². The maximum atomic E-state index is 13.5. The molecule has 0 unspecified atom stereocenters. The van der Waals surface area contributed by atoms with Gasteiger partial charge in [0.05, 0.1) is 5.75 Å². The molecule has 0 fully saturated rings. The number of nitrogens with one attached hydrogen (secondary N) is 1. The van der Waals surface area contributed by atoms with Crippen LogP contribution in [0.25, 0.3) is 0 Å². The molecule has 1 N–H and O–H groups in total. The Balaban J connectivity index is 1.82. The van der Waals surface area contributed by atoms with Crippen molar-refractivity contribution in [2.24, 2.45) is 0 Å². The lowest BCUT2D eigenvalue weighted by atomic mass is 10.1. The number of carbonyl (C=O) groups excluding carboxylic acids is 2. The van der Waals surface area contributed by atoms with Gasteiger partial charge in [-0.1, -0.05) is 12.1 Å². The van der Waals surface area contributed by atoms with Crippen LogP contribution < -0.4 is 5.32 Å². The summed E-state index contributed by atoms with van der Waals surface area (Å²) in [5.41, 5.74) is 1.42. The second kappa shape index (κ2) is 8.62. The summed E-state index contributed by atoms with van der Waals surface area (Å²) in [6, 6.07) is 10.2. The zero-order valence-corrected chi connectivity index (χ0v) is 14.7. The third kappa shape index (κ3) is 5.56. The lowest BCUT2D eigenvalue weighted by molar-refractivity contribution is -0.118. The van der Waals surface area contributed by atoms with E-state index in [0.717, 1.165) is 29.5 Å². The highest BCUT2D eigenvalue weighted by Crippen LogP contribution is 2.22. The van der Waals surface area contributed by atoms with Gasteiger partial charge in [-0.2, -0.15) is 0 Å². The molecule has 0 bridgehead atoms. The van der Waals surface area contributed by atoms with E-state index in [0.29, 0.717) is 12.1 Å². The summed E-state index contributed by atoms with van der Waals surface area (Å²) in [6.45, 7) is 0.307. The third-order valence-corrected chi connectivity index (χ3v) is 4.40. The molecule has 4 nitrogen and oxygen atoms in total. The summed E-state index contributed by atoms with van der Waals surface area (Å²) < 4.78 is 26.3. The molecule has 132 valence electrons. The Morgan fingerprint density at radius 3 is 2.36 bits per heavy atom. The predicted molar refractivity (Wildman–Crippen MR) is 93.4 cm³/mol. The molecule has 7 heteroatoms. The molecule has 2 aromatic carbocycles. The van der Waals surface area contributed by atoms with Crippen LogP contribution in [0.1, 0.15) is 15.9 Å². The van der Waals surface area contributed by atoms with Gasteiger partial charge >= 0.3 is 0 Å². The minimum Gasteiger partial charge on any atom is -0.351 e. The molecule has 0 spiro atoms. The largest absolute Gasteiger partial charge is 0.351 e. The van der Waals surface area contributed by atoms with E-state index in [1.165, 1.54) is 11.0 Å². The Kier molecular flexibility index (Phi) is 6.52. The molecular formula is C18H18F2N2O2S. The van der Waals surface area contributed by atoms with E-state index in [1.54, 1.807) is 38.4 Å². The molecule has 0 atom stereocenters. The average Bonchev–Trinajstić information content (AvgIpc) is 2.59. The molecule has 2 aromatic rings. The number of rotatable bonds is 6. The Hall–Kier alpha value is -2.41. The van der Waals surface area contributed by atoms with Gasteiger partial charge in [0.2, 0.25) is 5.91 Å². The van der Waals surface area contributed by atoms with E-state index >= 15 is 0 Å². The van der Waals surface area contributed by atoms with Gasteiger partial charge in [-0.25, -0.2) is 8.78 Å². The highest BCUT2D eigenvalue weighted by molar-refractivity contribution is 8.00. The molecule has 0 radical (unpaired) electrons. The van der Waals surface area contributed by atoms with Crippen LogP contribution in [-0.2, 0) is 11.3 Å². The van der Waals surface area contributed by atoms with E-state index in [9.17, 15) is 18.4 Å². The standard InChI is InChI=1S/C18H18F2N2O2S/c1-22(2)18(24)13-5-3-12(4-6-13)10-21-17(23)11-25-16-8-7-14(19)9-15(16)20/h3-9H,10-11H2,1-2H3,(H,21,23). The van der Waals surface area contributed by atoms with E-state index in [-0.39, 0.29) is 22.5 Å². The maximum Gasteiger partial charge on any atom is 0.253 e. The lowest BCUT2D eigenvalue weighted by Gasteiger charge is -2.11. The van der Waals surface area contributed by atoms with E-state index in [1.807, 2.05) is 0 Å². The fourth-order valence-corrected chi connectivity index (χ4v) is 2.76. The van der Waals surface area contributed by atoms with Crippen molar-refractivity contribution in [1.29, 1.82) is 0 Å². The molecule has 25 heavy (non-hydrogen) atoms. The van der Waals surface area contributed by atoms with Gasteiger partial charge in [-0.05, 0) is 29.8 Å². The number of thioether (sulfide) groups is 1. The van der Waals surface area contributed by atoms with E-state index in [2.05, 4.69) is 5.32 Å². The van der Waals surface area contributed by atoms with E-state index < -0.39 is 11.6 Å². The number of halogens is 2. The number of carbonyl (C=O) groups is 2. The smallest absolute Gasteiger partial charge is 0.253 e. The van der Waals surface area contributed by atoms with Gasteiger partial charge in [0.25, 0.3) is 5.91 Å². The molecular weight excluding hydrogens is 346 g/mol. The maximum absolute atomic E-state index is 13.5. The fraction of sp³-hybridized carbons (Fsp3) is 0.222. The number of amides is 2. The first-order valence-corrected chi connectivity index (χ1v) is 8.50. The number of hydrogen-bond donors (Lipinski definition) is 1. The quantitative estimate of drug-likeness (QED) is 0.802. The van der Waals surface area contributed by atoms with Crippen molar-refractivity contribution in [2.45, 2.75) is 11.4 Å². The van der Waals surface area contributed by atoms with Crippen molar-refractivity contribution in [3.05, 3.63) is 65.2 Å². The van der Waals surface area contributed by atoms with Gasteiger partial charge in [0.1, 0.15) is 11.6 Å². The van der Waals surface area contributed by atoms with Gasteiger partial charge in [0.15, 0.2) is 0 Å². The normalized spacial score (nSPS) is 10.4. The average molecular weight is 364 g/mol. The molecule has 0 aromatic heterocycles. The third-order valence-electron chi connectivity index (χ3n) is 3.35. The molecule has 0 saturated carbocycles. The van der Waals surface area contributed by atoms with Crippen LogP contribution in [-0.4, -0.2) is 36.6 Å². The summed E-state index contributed by atoms with van der Waals surface area (Å²) in [7, 11) is 3.36. The Bertz CT molecular complexity index is 764. The lowest BCUT2D eigenvalue weighted by Crippen LogP contribution is -2.25. The molecule has 0 aliphatic heterocycles. The molecule has 0 heterocycles. The predicted octanol–water partition coefficient (Wildman–Crippen LogP) is 3.08. The van der Waals surface area contributed by atoms with Crippen molar-refractivity contribution < 1.29 is 18.4 Å². The summed E-state index contributed by atoms with van der Waals surface area (Å²) in [5, 5.41) is 2.72. The van der Waals surface area contributed by atoms with Crippen LogP contribution in [0.4, 0.5) is 8.78 Å².